The lowest BCUT2D eigenvalue weighted by atomic mass is 9.85. The Morgan fingerprint density at radius 1 is 1.17 bits per heavy atom. The molecule has 3 aliphatic rings. The number of hydrogen-bond donors (Lipinski definition) is 1. The minimum absolute atomic E-state index is 0.502. The Bertz CT molecular complexity index is 684. The van der Waals surface area contributed by atoms with Crippen molar-refractivity contribution >= 4 is 11.9 Å². The number of anilines is 1. The third kappa shape index (κ3) is 5.58. The maximum absolute atomic E-state index is 10.6. The van der Waals surface area contributed by atoms with Gasteiger partial charge in [0.2, 0.25) is 5.95 Å². The molecular formula is C20H29F3N4O2. The Morgan fingerprint density at radius 2 is 1.76 bits per heavy atom. The van der Waals surface area contributed by atoms with Crippen LogP contribution in [0.25, 0.3) is 0 Å². The first-order valence-electron chi connectivity index (χ1n) is 10.3. The van der Waals surface area contributed by atoms with E-state index in [1.54, 1.807) is 0 Å². The van der Waals surface area contributed by atoms with Gasteiger partial charge >= 0.3 is 12.1 Å². The molecule has 0 aromatic carbocycles. The average Bonchev–Trinajstić information content (AvgIpc) is 3.44. The van der Waals surface area contributed by atoms with E-state index in [-0.39, 0.29) is 0 Å². The third-order valence-electron chi connectivity index (χ3n) is 6.24. The second kappa shape index (κ2) is 8.85. The molecule has 29 heavy (non-hydrogen) atoms. The molecule has 2 aliphatic heterocycles. The van der Waals surface area contributed by atoms with E-state index < -0.39 is 12.1 Å². The summed E-state index contributed by atoms with van der Waals surface area (Å²) in [5.41, 5.74) is 1.73. The number of nitrogens with zero attached hydrogens (tertiary/aromatic N) is 4. The quantitative estimate of drug-likeness (QED) is 0.813. The lowest BCUT2D eigenvalue weighted by molar-refractivity contribution is -0.192. The van der Waals surface area contributed by atoms with E-state index in [1.165, 1.54) is 57.2 Å². The van der Waals surface area contributed by atoms with Crippen molar-refractivity contribution in [3.05, 3.63) is 18.0 Å². The van der Waals surface area contributed by atoms with E-state index in [0.29, 0.717) is 5.54 Å². The molecule has 0 atom stereocenters. The van der Waals surface area contributed by atoms with Gasteiger partial charge in [0.15, 0.2) is 0 Å². The molecule has 1 aliphatic carbocycles. The number of hydrogen-bond acceptors (Lipinski definition) is 5. The zero-order chi connectivity index (χ0) is 21.1. The monoisotopic (exact) mass is 414 g/mol. The van der Waals surface area contributed by atoms with E-state index >= 15 is 0 Å². The van der Waals surface area contributed by atoms with Gasteiger partial charge in [0, 0.05) is 37.6 Å². The molecule has 1 spiro atoms. The Balaban J connectivity index is 0.000000298. The van der Waals surface area contributed by atoms with Crippen LogP contribution in [0.3, 0.4) is 0 Å². The van der Waals surface area contributed by atoms with Crippen molar-refractivity contribution in [2.45, 2.75) is 63.6 Å². The largest absolute Gasteiger partial charge is 0.490 e. The second-order valence-electron chi connectivity index (χ2n) is 8.25. The highest BCUT2D eigenvalue weighted by atomic mass is 19.4. The predicted octanol–water partition coefficient (Wildman–Crippen LogP) is 3.52. The molecule has 1 aromatic heterocycles. The number of halogens is 3. The number of piperidine rings is 1. The maximum Gasteiger partial charge on any atom is 0.490 e. The molecule has 0 bridgehead atoms. The summed E-state index contributed by atoms with van der Waals surface area (Å²) in [6.07, 6.45) is 8.23. The summed E-state index contributed by atoms with van der Waals surface area (Å²) in [7, 11) is 0. The minimum Gasteiger partial charge on any atom is -0.475 e. The number of carboxylic acids is 1. The topological polar surface area (TPSA) is 69.6 Å². The Morgan fingerprint density at radius 3 is 2.24 bits per heavy atom. The Kier molecular flexibility index (Phi) is 6.65. The van der Waals surface area contributed by atoms with Gasteiger partial charge in [0.05, 0.1) is 0 Å². The van der Waals surface area contributed by atoms with E-state index in [4.69, 9.17) is 9.90 Å². The van der Waals surface area contributed by atoms with Crippen LogP contribution in [0.4, 0.5) is 19.1 Å². The summed E-state index contributed by atoms with van der Waals surface area (Å²) < 4.78 is 31.7. The summed E-state index contributed by atoms with van der Waals surface area (Å²) in [4.78, 5) is 23.3. The first kappa shape index (κ1) is 21.8. The van der Waals surface area contributed by atoms with Gasteiger partial charge in [-0.1, -0.05) is 6.92 Å². The van der Waals surface area contributed by atoms with Crippen molar-refractivity contribution < 1.29 is 23.1 Å². The van der Waals surface area contributed by atoms with Crippen LogP contribution in [0, 0.1) is 5.92 Å². The number of alkyl halides is 3. The van der Waals surface area contributed by atoms with Crippen LogP contribution in [0.15, 0.2) is 12.4 Å². The zero-order valence-corrected chi connectivity index (χ0v) is 16.8. The molecule has 0 amide bonds. The van der Waals surface area contributed by atoms with E-state index in [2.05, 4.69) is 26.7 Å². The molecule has 3 fully saturated rings. The number of rotatable bonds is 4. The van der Waals surface area contributed by atoms with Crippen molar-refractivity contribution in [1.29, 1.82) is 0 Å². The van der Waals surface area contributed by atoms with E-state index in [0.717, 1.165) is 31.4 Å². The van der Waals surface area contributed by atoms with Crippen molar-refractivity contribution in [3.63, 3.8) is 0 Å². The molecule has 6 nitrogen and oxygen atoms in total. The van der Waals surface area contributed by atoms with Gasteiger partial charge in [-0.25, -0.2) is 14.8 Å². The summed E-state index contributed by atoms with van der Waals surface area (Å²) in [6.45, 7) is 7.08. The lowest BCUT2D eigenvalue weighted by Gasteiger charge is -2.45. The third-order valence-corrected chi connectivity index (χ3v) is 6.24. The molecule has 1 N–H and O–H groups in total. The number of aliphatic carboxylic acids is 1. The van der Waals surface area contributed by atoms with Crippen molar-refractivity contribution in [2.75, 3.05) is 31.1 Å². The van der Waals surface area contributed by atoms with E-state index in [1.807, 2.05) is 12.4 Å². The number of aryl methyl sites for hydroxylation is 1. The highest BCUT2D eigenvalue weighted by molar-refractivity contribution is 5.73. The number of aromatic nitrogens is 2. The summed E-state index contributed by atoms with van der Waals surface area (Å²) >= 11 is 0. The molecule has 2 saturated heterocycles. The highest BCUT2D eigenvalue weighted by Gasteiger charge is 2.44. The van der Waals surface area contributed by atoms with Gasteiger partial charge in [-0.15, -0.1) is 0 Å². The molecule has 0 radical (unpaired) electrons. The molecular weight excluding hydrogens is 385 g/mol. The number of carbonyl (C=O) groups is 1. The second-order valence-corrected chi connectivity index (χ2v) is 8.25. The standard InChI is InChI=1S/C18H28N4.C2HF3O2/c1-2-15-12-19-17(20-13-15)21-10-7-18(8-11-21)6-3-9-22(18)14-16-4-5-16;3-2(4,5)1(6)7/h12-13,16H,2-11,14H2,1H3;(H,6,7). The fraction of sp³-hybridized carbons (Fsp3) is 0.750. The van der Waals surface area contributed by atoms with Crippen LogP contribution in [-0.2, 0) is 11.2 Å². The maximum atomic E-state index is 10.6. The zero-order valence-electron chi connectivity index (χ0n) is 16.8. The fourth-order valence-corrected chi connectivity index (χ4v) is 4.27. The van der Waals surface area contributed by atoms with Gasteiger partial charge < -0.3 is 10.0 Å². The molecule has 1 saturated carbocycles. The van der Waals surface area contributed by atoms with Crippen LogP contribution in [0.5, 0.6) is 0 Å². The van der Waals surface area contributed by atoms with Crippen LogP contribution < -0.4 is 4.90 Å². The highest BCUT2D eigenvalue weighted by Crippen LogP contribution is 2.42. The molecule has 4 rings (SSSR count). The average molecular weight is 414 g/mol. The SMILES string of the molecule is CCc1cnc(N2CCC3(CCCN3CC3CC3)CC2)nc1.O=C(O)C(F)(F)F. The smallest absolute Gasteiger partial charge is 0.475 e. The first-order chi connectivity index (χ1) is 13.7. The number of carboxylic acid groups (broad SMARTS) is 1. The minimum atomic E-state index is -5.08. The van der Waals surface area contributed by atoms with Crippen LogP contribution in [0.2, 0.25) is 0 Å². The van der Waals surface area contributed by atoms with E-state index in [9.17, 15) is 13.2 Å². The summed E-state index contributed by atoms with van der Waals surface area (Å²) in [6, 6.07) is 0. The van der Waals surface area contributed by atoms with Crippen LogP contribution >= 0.6 is 0 Å². The Labute approximate surface area is 169 Å². The van der Waals surface area contributed by atoms with Gasteiger partial charge in [0.1, 0.15) is 0 Å². The fourth-order valence-electron chi connectivity index (χ4n) is 4.27. The van der Waals surface area contributed by atoms with Gasteiger partial charge in [0.25, 0.3) is 0 Å². The first-order valence-corrected chi connectivity index (χ1v) is 10.3. The van der Waals surface area contributed by atoms with Crippen molar-refractivity contribution in [1.82, 2.24) is 14.9 Å². The molecule has 1 aromatic rings. The van der Waals surface area contributed by atoms with Gasteiger partial charge in [-0.3, -0.25) is 4.90 Å². The van der Waals surface area contributed by atoms with Crippen molar-refractivity contribution in [2.24, 2.45) is 5.92 Å². The van der Waals surface area contributed by atoms with Gasteiger partial charge in [-0.2, -0.15) is 13.2 Å². The summed E-state index contributed by atoms with van der Waals surface area (Å²) in [5.74, 6) is -0.816. The Hall–Kier alpha value is -1.90. The number of likely N-dealkylation sites (tertiary alicyclic amines) is 1. The van der Waals surface area contributed by atoms with Crippen LogP contribution in [-0.4, -0.2) is 63.8 Å². The molecule has 162 valence electrons. The summed E-state index contributed by atoms with van der Waals surface area (Å²) in [5, 5.41) is 7.12. The van der Waals surface area contributed by atoms with Crippen molar-refractivity contribution in [3.8, 4) is 0 Å². The molecule has 0 unspecified atom stereocenters. The predicted molar refractivity (Wildman–Crippen MR) is 103 cm³/mol. The lowest BCUT2D eigenvalue weighted by Crippen LogP contribution is -2.53. The molecule has 3 heterocycles. The van der Waals surface area contributed by atoms with Crippen LogP contribution in [0.1, 0.15) is 51.0 Å². The normalized spacial score (nSPS) is 21.7. The molecule has 9 heteroatoms. The van der Waals surface area contributed by atoms with Gasteiger partial charge in [-0.05, 0) is 63.0 Å².